The molecule has 3 rings (SSSR count). The Morgan fingerprint density at radius 2 is 2.05 bits per heavy atom. The van der Waals surface area contributed by atoms with Crippen LogP contribution in [0.3, 0.4) is 0 Å². The Labute approximate surface area is 129 Å². The highest BCUT2D eigenvalue weighted by atomic mass is 19.3. The van der Waals surface area contributed by atoms with E-state index in [9.17, 15) is 13.6 Å². The number of carbonyl (C=O) groups is 1. The molecule has 22 heavy (non-hydrogen) atoms. The number of nitrogens with two attached hydrogens (primary N) is 1. The number of halogens is 2. The predicted octanol–water partition coefficient (Wildman–Crippen LogP) is 3.42. The molecule has 5 heteroatoms. The molecule has 1 aromatic carbocycles. The fourth-order valence-corrected chi connectivity index (χ4v) is 3.44. The van der Waals surface area contributed by atoms with Gasteiger partial charge in [-0.1, -0.05) is 12.1 Å². The van der Waals surface area contributed by atoms with E-state index in [2.05, 4.69) is 6.07 Å². The summed E-state index contributed by atoms with van der Waals surface area (Å²) in [5.41, 5.74) is 9.01. The second-order valence-electron chi connectivity index (χ2n) is 6.55. The molecule has 1 aliphatic carbocycles. The van der Waals surface area contributed by atoms with Crippen LogP contribution in [0.5, 0.6) is 0 Å². The summed E-state index contributed by atoms with van der Waals surface area (Å²) in [6.45, 7) is 2.57. The van der Waals surface area contributed by atoms with Gasteiger partial charge in [-0.3, -0.25) is 4.79 Å². The Morgan fingerprint density at radius 1 is 1.36 bits per heavy atom. The number of amides is 1. The first-order valence-corrected chi connectivity index (χ1v) is 7.95. The van der Waals surface area contributed by atoms with Gasteiger partial charge in [0, 0.05) is 37.0 Å². The number of rotatable bonds is 2. The first kappa shape index (κ1) is 15.4. The molecule has 0 saturated heterocycles. The van der Waals surface area contributed by atoms with Gasteiger partial charge in [0.25, 0.3) is 0 Å². The lowest BCUT2D eigenvalue weighted by Crippen LogP contribution is -2.38. The van der Waals surface area contributed by atoms with Crippen LogP contribution in [-0.4, -0.2) is 18.4 Å². The lowest BCUT2D eigenvalue weighted by atomic mass is 9.86. The van der Waals surface area contributed by atoms with E-state index in [4.69, 9.17) is 5.73 Å². The van der Waals surface area contributed by atoms with Gasteiger partial charge in [-0.05, 0) is 43.4 Å². The molecule has 0 bridgehead atoms. The molecular weight excluding hydrogens is 286 g/mol. The number of alkyl halides is 2. The largest absolute Gasteiger partial charge is 0.324 e. The van der Waals surface area contributed by atoms with Gasteiger partial charge in [0.1, 0.15) is 0 Å². The van der Waals surface area contributed by atoms with Crippen molar-refractivity contribution in [3.05, 3.63) is 29.3 Å². The standard InChI is InChI=1S/C17H22F2N2O/c1-11(20)13-2-3-15-14(10-13)6-9-21(15)16(22)12-4-7-17(18,19)8-5-12/h2-3,10-12H,4-9,20H2,1H3. The first-order valence-electron chi connectivity index (χ1n) is 7.95. The minimum absolute atomic E-state index is 0.00259. The molecule has 1 aliphatic heterocycles. The van der Waals surface area contributed by atoms with Crippen molar-refractivity contribution in [3.63, 3.8) is 0 Å². The van der Waals surface area contributed by atoms with Gasteiger partial charge in [-0.2, -0.15) is 0 Å². The molecule has 1 fully saturated rings. The quantitative estimate of drug-likeness (QED) is 0.910. The van der Waals surface area contributed by atoms with Crippen LogP contribution in [0.25, 0.3) is 0 Å². The summed E-state index contributed by atoms with van der Waals surface area (Å²) in [6.07, 6.45) is 1.04. The van der Waals surface area contributed by atoms with Crippen molar-refractivity contribution in [2.24, 2.45) is 11.7 Å². The third kappa shape index (κ3) is 2.86. The molecule has 0 aromatic heterocycles. The van der Waals surface area contributed by atoms with Crippen LogP contribution in [0.15, 0.2) is 18.2 Å². The molecule has 0 spiro atoms. The van der Waals surface area contributed by atoms with Gasteiger partial charge in [0.15, 0.2) is 0 Å². The highest BCUT2D eigenvalue weighted by Gasteiger charge is 2.39. The van der Waals surface area contributed by atoms with Crippen LogP contribution < -0.4 is 10.6 Å². The van der Waals surface area contributed by atoms with Gasteiger partial charge in [-0.15, -0.1) is 0 Å². The number of anilines is 1. The topological polar surface area (TPSA) is 46.3 Å². The zero-order valence-corrected chi connectivity index (χ0v) is 12.8. The monoisotopic (exact) mass is 308 g/mol. The predicted molar refractivity (Wildman–Crippen MR) is 82.0 cm³/mol. The smallest absolute Gasteiger partial charge is 0.248 e. The second-order valence-corrected chi connectivity index (χ2v) is 6.55. The summed E-state index contributed by atoms with van der Waals surface area (Å²) in [7, 11) is 0. The molecular formula is C17H22F2N2O. The van der Waals surface area contributed by atoms with Gasteiger partial charge in [-0.25, -0.2) is 8.78 Å². The maximum Gasteiger partial charge on any atom is 0.248 e. The van der Waals surface area contributed by atoms with Crippen molar-refractivity contribution < 1.29 is 13.6 Å². The average molecular weight is 308 g/mol. The minimum atomic E-state index is -2.59. The highest BCUT2D eigenvalue weighted by Crippen LogP contribution is 2.39. The molecule has 3 nitrogen and oxygen atoms in total. The van der Waals surface area contributed by atoms with Gasteiger partial charge < -0.3 is 10.6 Å². The second kappa shape index (κ2) is 5.61. The van der Waals surface area contributed by atoms with Gasteiger partial charge in [0.05, 0.1) is 0 Å². The zero-order chi connectivity index (χ0) is 15.9. The van der Waals surface area contributed by atoms with E-state index in [1.165, 1.54) is 0 Å². The Morgan fingerprint density at radius 3 is 2.68 bits per heavy atom. The number of carbonyl (C=O) groups excluding carboxylic acids is 1. The first-order chi connectivity index (χ1) is 10.4. The lowest BCUT2D eigenvalue weighted by molar-refractivity contribution is -0.126. The van der Waals surface area contributed by atoms with Crippen LogP contribution in [0.1, 0.15) is 49.8 Å². The molecule has 1 saturated carbocycles. The van der Waals surface area contributed by atoms with Crippen LogP contribution in [-0.2, 0) is 11.2 Å². The number of benzene rings is 1. The fraction of sp³-hybridized carbons (Fsp3) is 0.588. The summed E-state index contributed by atoms with van der Waals surface area (Å²) in [6, 6.07) is 5.92. The van der Waals surface area contributed by atoms with E-state index in [1.807, 2.05) is 19.1 Å². The van der Waals surface area contributed by atoms with E-state index >= 15 is 0 Å². The molecule has 2 N–H and O–H groups in total. The number of fused-ring (bicyclic) bond motifs is 1. The summed E-state index contributed by atoms with van der Waals surface area (Å²) in [4.78, 5) is 14.4. The van der Waals surface area contributed by atoms with E-state index in [0.29, 0.717) is 6.54 Å². The molecule has 1 unspecified atom stereocenters. The van der Waals surface area contributed by atoms with Crippen molar-refractivity contribution in [1.29, 1.82) is 0 Å². The van der Waals surface area contributed by atoms with E-state index in [-0.39, 0.29) is 43.6 Å². The maximum atomic E-state index is 13.2. The fourth-order valence-electron chi connectivity index (χ4n) is 3.44. The molecule has 120 valence electrons. The van der Waals surface area contributed by atoms with Crippen LogP contribution >= 0.6 is 0 Å². The third-order valence-corrected chi connectivity index (χ3v) is 4.86. The van der Waals surface area contributed by atoms with Crippen molar-refractivity contribution in [2.75, 3.05) is 11.4 Å². The van der Waals surface area contributed by atoms with Gasteiger partial charge >= 0.3 is 0 Å². The van der Waals surface area contributed by atoms with Crippen LogP contribution in [0, 0.1) is 5.92 Å². The molecule has 0 radical (unpaired) electrons. The molecule has 1 atom stereocenters. The molecule has 1 amide bonds. The molecule has 1 aromatic rings. The van der Waals surface area contributed by atoms with Crippen LogP contribution in [0.4, 0.5) is 14.5 Å². The number of hydrogen-bond donors (Lipinski definition) is 1. The summed E-state index contributed by atoms with van der Waals surface area (Å²) in [5, 5.41) is 0. The van der Waals surface area contributed by atoms with Crippen LogP contribution in [0.2, 0.25) is 0 Å². The van der Waals surface area contributed by atoms with Crippen molar-refractivity contribution in [3.8, 4) is 0 Å². The normalized spacial score (nSPS) is 22.5. The molecule has 2 aliphatic rings. The summed E-state index contributed by atoms with van der Waals surface area (Å²) >= 11 is 0. The minimum Gasteiger partial charge on any atom is -0.324 e. The zero-order valence-electron chi connectivity index (χ0n) is 12.8. The number of hydrogen-bond acceptors (Lipinski definition) is 2. The summed E-state index contributed by atoms with van der Waals surface area (Å²) < 4.78 is 26.5. The Bertz CT molecular complexity index is 576. The SMILES string of the molecule is CC(N)c1ccc2c(c1)CCN2C(=O)C1CCC(F)(F)CC1. The van der Waals surface area contributed by atoms with Crippen molar-refractivity contribution >= 4 is 11.6 Å². The Kier molecular flexibility index (Phi) is 3.93. The molecule has 1 heterocycles. The summed E-state index contributed by atoms with van der Waals surface area (Å²) in [5.74, 6) is -2.85. The Hall–Kier alpha value is -1.49. The van der Waals surface area contributed by atoms with Crippen molar-refractivity contribution in [2.45, 2.75) is 51.0 Å². The average Bonchev–Trinajstić information content (AvgIpc) is 2.89. The Balaban J connectivity index is 1.74. The lowest BCUT2D eigenvalue weighted by Gasteiger charge is -2.30. The van der Waals surface area contributed by atoms with E-state index in [0.717, 1.165) is 23.2 Å². The maximum absolute atomic E-state index is 13.2. The van der Waals surface area contributed by atoms with E-state index < -0.39 is 5.92 Å². The van der Waals surface area contributed by atoms with E-state index in [1.54, 1.807) is 4.90 Å². The third-order valence-electron chi connectivity index (χ3n) is 4.86. The number of nitrogens with zero attached hydrogens (tertiary/aromatic N) is 1. The van der Waals surface area contributed by atoms with Crippen molar-refractivity contribution in [1.82, 2.24) is 0 Å². The highest BCUT2D eigenvalue weighted by molar-refractivity contribution is 5.97. The van der Waals surface area contributed by atoms with Gasteiger partial charge in [0.2, 0.25) is 11.8 Å².